The Balaban J connectivity index is 1.54. The Morgan fingerprint density at radius 3 is 2.88 bits per heavy atom. The molecule has 1 aliphatic heterocycles. The summed E-state index contributed by atoms with van der Waals surface area (Å²) in [6.45, 7) is 2.51. The van der Waals surface area contributed by atoms with Crippen LogP contribution in [0.15, 0.2) is 32.3 Å². The van der Waals surface area contributed by atoms with Crippen molar-refractivity contribution in [2.75, 3.05) is 13.1 Å². The van der Waals surface area contributed by atoms with Crippen LogP contribution < -0.4 is 0 Å². The molecule has 4 rings (SSSR count). The number of aromatic nitrogens is 4. The zero-order chi connectivity index (χ0) is 17.6. The van der Waals surface area contributed by atoms with Crippen molar-refractivity contribution in [2.24, 2.45) is 7.05 Å². The summed E-state index contributed by atoms with van der Waals surface area (Å²) >= 11 is 1.56. The van der Waals surface area contributed by atoms with Gasteiger partial charge in [-0.1, -0.05) is 0 Å². The van der Waals surface area contributed by atoms with E-state index in [1.807, 2.05) is 16.8 Å². The molecule has 25 heavy (non-hydrogen) atoms. The second-order valence-electron chi connectivity index (χ2n) is 6.02. The van der Waals surface area contributed by atoms with E-state index in [9.17, 15) is 8.42 Å². The van der Waals surface area contributed by atoms with Crippen molar-refractivity contribution >= 4 is 21.4 Å². The minimum atomic E-state index is -3.56. The number of hydrogen-bond acceptors (Lipinski definition) is 7. The molecule has 1 unspecified atom stereocenters. The molecule has 8 nitrogen and oxygen atoms in total. The van der Waals surface area contributed by atoms with Gasteiger partial charge in [-0.3, -0.25) is 4.68 Å². The van der Waals surface area contributed by atoms with Crippen molar-refractivity contribution in [1.82, 2.24) is 24.3 Å². The second-order valence-corrected chi connectivity index (χ2v) is 8.71. The van der Waals surface area contributed by atoms with Crippen molar-refractivity contribution in [2.45, 2.75) is 24.2 Å². The van der Waals surface area contributed by atoms with Crippen LogP contribution in [0.5, 0.6) is 0 Å². The highest BCUT2D eigenvalue weighted by atomic mass is 32.2. The lowest BCUT2D eigenvalue weighted by Crippen LogP contribution is -2.29. The lowest BCUT2D eigenvalue weighted by atomic mass is 10.1. The van der Waals surface area contributed by atoms with Crippen molar-refractivity contribution in [1.29, 1.82) is 0 Å². The van der Waals surface area contributed by atoms with Crippen molar-refractivity contribution < 1.29 is 12.8 Å². The number of sulfonamides is 1. The monoisotopic (exact) mass is 379 g/mol. The molecule has 1 atom stereocenters. The van der Waals surface area contributed by atoms with Crippen LogP contribution in [0, 0.1) is 6.92 Å². The predicted molar refractivity (Wildman–Crippen MR) is 91.7 cm³/mol. The molecule has 0 amide bonds. The lowest BCUT2D eigenvalue weighted by molar-refractivity contribution is 0.440. The maximum Gasteiger partial charge on any atom is 0.248 e. The summed E-state index contributed by atoms with van der Waals surface area (Å²) in [4.78, 5) is 0.250. The normalized spacial score (nSPS) is 18.9. The molecule has 3 aromatic rings. The first-order valence-electron chi connectivity index (χ1n) is 7.81. The van der Waals surface area contributed by atoms with E-state index in [2.05, 4.69) is 15.3 Å². The Morgan fingerprint density at radius 1 is 1.36 bits per heavy atom. The largest absolute Gasteiger partial charge is 0.420 e. The predicted octanol–water partition coefficient (Wildman–Crippen LogP) is 2.02. The standard InChI is InChI=1S/C15H17N5O3S2/c1-10-13(7-16-19(10)2)25(21,22)20-5-3-11(8-20)14-17-18-15(23-14)12-4-6-24-9-12/h4,6-7,9,11H,3,5,8H2,1-2H3. The maximum atomic E-state index is 12.8. The smallest absolute Gasteiger partial charge is 0.248 e. The van der Waals surface area contributed by atoms with Gasteiger partial charge < -0.3 is 4.42 Å². The number of nitrogens with zero attached hydrogens (tertiary/aromatic N) is 5. The summed E-state index contributed by atoms with van der Waals surface area (Å²) in [6.07, 6.45) is 2.06. The average molecular weight is 379 g/mol. The van der Waals surface area contributed by atoms with E-state index >= 15 is 0 Å². The third kappa shape index (κ3) is 2.79. The van der Waals surface area contributed by atoms with Gasteiger partial charge in [-0.25, -0.2) is 8.42 Å². The first-order valence-corrected chi connectivity index (χ1v) is 10.2. The fourth-order valence-corrected chi connectivity index (χ4v) is 5.24. The molecular formula is C15H17N5O3S2. The number of hydrogen-bond donors (Lipinski definition) is 0. The summed E-state index contributed by atoms with van der Waals surface area (Å²) in [7, 11) is -1.84. The summed E-state index contributed by atoms with van der Waals surface area (Å²) in [5, 5.41) is 16.1. The van der Waals surface area contributed by atoms with E-state index in [1.165, 1.54) is 10.5 Å². The van der Waals surface area contributed by atoms with Gasteiger partial charge in [0, 0.05) is 31.1 Å². The van der Waals surface area contributed by atoms with Crippen LogP contribution in [0.2, 0.25) is 0 Å². The molecule has 4 heterocycles. The van der Waals surface area contributed by atoms with Gasteiger partial charge in [0.25, 0.3) is 0 Å². The van der Waals surface area contributed by atoms with Crippen molar-refractivity contribution in [3.8, 4) is 11.5 Å². The van der Waals surface area contributed by atoms with E-state index in [4.69, 9.17) is 4.42 Å². The van der Waals surface area contributed by atoms with Gasteiger partial charge in [0.1, 0.15) is 4.90 Å². The van der Waals surface area contributed by atoms with E-state index in [1.54, 1.807) is 30.0 Å². The molecule has 0 aliphatic carbocycles. The summed E-state index contributed by atoms with van der Waals surface area (Å²) < 4.78 is 34.5. The Hall–Kier alpha value is -2.04. The molecule has 0 radical (unpaired) electrons. The second kappa shape index (κ2) is 6.04. The Labute approximate surface area is 149 Å². The van der Waals surface area contributed by atoms with Gasteiger partial charge in [0.15, 0.2) is 0 Å². The molecule has 3 aromatic heterocycles. The highest BCUT2D eigenvalue weighted by molar-refractivity contribution is 7.89. The molecular weight excluding hydrogens is 362 g/mol. The van der Waals surface area contributed by atoms with Gasteiger partial charge in [0.2, 0.25) is 21.8 Å². The minimum Gasteiger partial charge on any atom is -0.420 e. The first kappa shape index (κ1) is 16.4. The van der Waals surface area contributed by atoms with E-state index in [-0.39, 0.29) is 10.8 Å². The topological polar surface area (TPSA) is 94.1 Å². The van der Waals surface area contributed by atoms with Gasteiger partial charge in [-0.2, -0.15) is 20.7 Å². The summed E-state index contributed by atoms with van der Waals surface area (Å²) in [5.74, 6) is 0.870. The molecule has 10 heteroatoms. The Bertz CT molecular complexity index is 990. The van der Waals surface area contributed by atoms with Crippen LogP contribution in [-0.2, 0) is 17.1 Å². The molecule has 1 saturated heterocycles. The van der Waals surface area contributed by atoms with E-state index < -0.39 is 10.0 Å². The van der Waals surface area contributed by atoms with Crippen LogP contribution in [0.1, 0.15) is 23.9 Å². The highest BCUT2D eigenvalue weighted by Crippen LogP contribution is 2.32. The minimum absolute atomic E-state index is 0.0911. The van der Waals surface area contributed by atoms with E-state index in [0.29, 0.717) is 37.0 Å². The third-order valence-corrected chi connectivity index (χ3v) is 7.17. The van der Waals surface area contributed by atoms with Gasteiger partial charge in [-0.15, -0.1) is 10.2 Å². The Kier molecular flexibility index (Phi) is 3.97. The summed E-state index contributed by atoms with van der Waals surface area (Å²) in [6, 6.07) is 1.92. The molecule has 1 fully saturated rings. The highest BCUT2D eigenvalue weighted by Gasteiger charge is 2.37. The quantitative estimate of drug-likeness (QED) is 0.688. The van der Waals surface area contributed by atoms with Gasteiger partial charge in [-0.05, 0) is 24.8 Å². The Morgan fingerprint density at radius 2 is 2.20 bits per heavy atom. The molecule has 0 N–H and O–H groups in total. The zero-order valence-corrected chi connectivity index (χ0v) is 15.4. The zero-order valence-electron chi connectivity index (χ0n) is 13.8. The van der Waals surface area contributed by atoms with Gasteiger partial charge >= 0.3 is 0 Å². The van der Waals surface area contributed by atoms with Crippen LogP contribution in [0.4, 0.5) is 0 Å². The molecule has 0 aromatic carbocycles. The van der Waals surface area contributed by atoms with Crippen LogP contribution >= 0.6 is 11.3 Å². The average Bonchev–Trinajstić information content (AvgIpc) is 3.36. The maximum absolute atomic E-state index is 12.8. The first-order chi connectivity index (χ1) is 12.0. The third-order valence-electron chi connectivity index (χ3n) is 4.52. The van der Waals surface area contributed by atoms with Crippen molar-refractivity contribution in [3.05, 3.63) is 34.6 Å². The number of rotatable bonds is 4. The lowest BCUT2D eigenvalue weighted by Gasteiger charge is -2.15. The molecule has 132 valence electrons. The SMILES string of the molecule is Cc1c(S(=O)(=O)N2CCC(c3nnc(-c4ccsc4)o3)C2)cnn1C. The van der Waals surface area contributed by atoms with E-state index in [0.717, 1.165) is 5.56 Å². The number of aryl methyl sites for hydroxylation is 1. The number of thiophene rings is 1. The molecule has 0 bridgehead atoms. The van der Waals surface area contributed by atoms with Crippen LogP contribution in [0.3, 0.4) is 0 Å². The van der Waals surface area contributed by atoms with Crippen LogP contribution in [-0.4, -0.2) is 45.8 Å². The fourth-order valence-electron chi connectivity index (χ4n) is 2.92. The fraction of sp³-hybridized carbons (Fsp3) is 0.400. The molecule has 1 aliphatic rings. The van der Waals surface area contributed by atoms with Crippen molar-refractivity contribution in [3.63, 3.8) is 0 Å². The summed E-state index contributed by atoms with van der Waals surface area (Å²) in [5.41, 5.74) is 1.51. The molecule has 0 saturated carbocycles. The van der Waals surface area contributed by atoms with Crippen LogP contribution in [0.25, 0.3) is 11.5 Å². The van der Waals surface area contributed by atoms with Gasteiger partial charge in [0.05, 0.1) is 17.8 Å². The molecule has 0 spiro atoms.